The molecule has 0 rings (SSSR count). The Hall–Kier alpha value is -0.340. The van der Waals surface area contributed by atoms with Crippen molar-refractivity contribution in [2.75, 3.05) is 0 Å². The van der Waals surface area contributed by atoms with Gasteiger partial charge in [-0.2, -0.15) is 0 Å². The number of ether oxygens (including phenoxy) is 1. The smallest absolute Gasteiger partial charge is 0.0707 e. The highest BCUT2D eigenvalue weighted by atomic mass is 16.5. The van der Waals surface area contributed by atoms with E-state index in [2.05, 4.69) is 6.58 Å². The molecule has 0 aromatic carbocycles. The predicted molar refractivity (Wildman–Crippen MR) is 53.1 cm³/mol. The van der Waals surface area contributed by atoms with E-state index in [0.717, 1.165) is 6.42 Å². The fourth-order valence-corrected chi connectivity index (χ4v) is 1.03. The van der Waals surface area contributed by atoms with Crippen LogP contribution in [0.1, 0.15) is 34.1 Å². The SMILES string of the molecule is C=CC[C@@H](N)[C@H](C)OC(C)(C)C. The first kappa shape index (κ1) is 11.7. The molecule has 2 N–H and O–H groups in total. The minimum Gasteiger partial charge on any atom is -0.371 e. The molecule has 0 saturated heterocycles. The van der Waals surface area contributed by atoms with Crippen LogP contribution in [-0.2, 0) is 4.74 Å². The molecular formula is C10H21NO. The fourth-order valence-electron chi connectivity index (χ4n) is 1.03. The van der Waals surface area contributed by atoms with Crippen LogP contribution in [0.4, 0.5) is 0 Å². The molecule has 0 radical (unpaired) electrons. The molecule has 2 nitrogen and oxygen atoms in total. The van der Waals surface area contributed by atoms with Crippen LogP contribution in [0.25, 0.3) is 0 Å². The molecule has 0 aliphatic rings. The Labute approximate surface area is 75.8 Å². The summed E-state index contributed by atoms with van der Waals surface area (Å²) in [6, 6.07) is 0.0572. The minimum absolute atomic E-state index is 0.0572. The van der Waals surface area contributed by atoms with Gasteiger partial charge in [0.1, 0.15) is 0 Å². The monoisotopic (exact) mass is 171 g/mol. The highest BCUT2D eigenvalue weighted by Crippen LogP contribution is 2.13. The van der Waals surface area contributed by atoms with Gasteiger partial charge in [-0.1, -0.05) is 6.08 Å². The average molecular weight is 171 g/mol. The van der Waals surface area contributed by atoms with E-state index < -0.39 is 0 Å². The standard InChI is InChI=1S/C10H21NO/c1-6-7-9(11)8(2)12-10(3,4)5/h6,8-9H,1,7,11H2,2-5H3/t8-,9+/m0/s1. The zero-order chi connectivity index (χ0) is 9.78. The Morgan fingerprint density at radius 2 is 2.00 bits per heavy atom. The zero-order valence-corrected chi connectivity index (χ0v) is 8.63. The first-order chi connectivity index (χ1) is 5.37. The van der Waals surface area contributed by atoms with Crippen molar-refractivity contribution in [3.63, 3.8) is 0 Å². The number of rotatable bonds is 4. The minimum atomic E-state index is -0.113. The van der Waals surface area contributed by atoms with Crippen LogP contribution < -0.4 is 5.73 Å². The van der Waals surface area contributed by atoms with Crippen molar-refractivity contribution in [1.82, 2.24) is 0 Å². The molecule has 0 aromatic heterocycles. The van der Waals surface area contributed by atoms with Crippen molar-refractivity contribution in [2.24, 2.45) is 5.73 Å². The van der Waals surface area contributed by atoms with Crippen molar-refractivity contribution in [1.29, 1.82) is 0 Å². The van der Waals surface area contributed by atoms with E-state index in [1.807, 2.05) is 33.8 Å². The summed E-state index contributed by atoms with van der Waals surface area (Å²) in [5.74, 6) is 0. The molecule has 12 heavy (non-hydrogen) atoms. The Balaban J connectivity index is 3.86. The van der Waals surface area contributed by atoms with Gasteiger partial charge in [0.2, 0.25) is 0 Å². The van der Waals surface area contributed by atoms with Crippen LogP contribution in [-0.4, -0.2) is 17.7 Å². The average Bonchev–Trinajstić information content (AvgIpc) is 1.84. The van der Waals surface area contributed by atoms with E-state index in [0.29, 0.717) is 0 Å². The second-order valence-electron chi connectivity index (χ2n) is 4.12. The Morgan fingerprint density at radius 1 is 1.50 bits per heavy atom. The lowest BCUT2D eigenvalue weighted by molar-refractivity contribution is -0.0607. The Kier molecular flexibility index (Phi) is 4.50. The number of nitrogens with two attached hydrogens (primary N) is 1. The molecule has 2 atom stereocenters. The molecule has 0 heterocycles. The van der Waals surface area contributed by atoms with Crippen LogP contribution in [0.5, 0.6) is 0 Å². The molecule has 0 fully saturated rings. The number of hydrogen-bond donors (Lipinski definition) is 1. The van der Waals surface area contributed by atoms with Crippen LogP contribution in [0.2, 0.25) is 0 Å². The summed E-state index contributed by atoms with van der Waals surface area (Å²) < 4.78 is 5.68. The van der Waals surface area contributed by atoms with Gasteiger partial charge in [0.05, 0.1) is 11.7 Å². The van der Waals surface area contributed by atoms with Gasteiger partial charge in [-0.15, -0.1) is 6.58 Å². The van der Waals surface area contributed by atoms with E-state index in [1.165, 1.54) is 0 Å². The summed E-state index contributed by atoms with van der Waals surface area (Å²) >= 11 is 0. The quantitative estimate of drug-likeness (QED) is 0.657. The van der Waals surface area contributed by atoms with Gasteiger partial charge in [-0.05, 0) is 34.1 Å². The highest BCUT2D eigenvalue weighted by molar-refractivity contribution is 4.80. The van der Waals surface area contributed by atoms with Gasteiger partial charge in [-0.3, -0.25) is 0 Å². The molecule has 0 spiro atoms. The zero-order valence-electron chi connectivity index (χ0n) is 8.63. The second kappa shape index (κ2) is 4.63. The first-order valence-electron chi connectivity index (χ1n) is 4.41. The third kappa shape index (κ3) is 5.33. The summed E-state index contributed by atoms with van der Waals surface area (Å²) in [5, 5.41) is 0. The molecule has 0 amide bonds. The summed E-state index contributed by atoms with van der Waals surface area (Å²) in [5.41, 5.74) is 5.73. The van der Waals surface area contributed by atoms with Crippen molar-refractivity contribution in [3.05, 3.63) is 12.7 Å². The molecule has 0 aliphatic heterocycles. The lowest BCUT2D eigenvalue weighted by Gasteiger charge is -2.28. The van der Waals surface area contributed by atoms with E-state index in [4.69, 9.17) is 10.5 Å². The fraction of sp³-hybridized carbons (Fsp3) is 0.800. The summed E-state index contributed by atoms with van der Waals surface area (Å²) in [6.45, 7) is 11.7. The van der Waals surface area contributed by atoms with Crippen LogP contribution in [0, 0.1) is 0 Å². The molecule has 0 aliphatic carbocycles. The lowest BCUT2D eigenvalue weighted by Crippen LogP contribution is -2.39. The molecule has 0 saturated carbocycles. The first-order valence-corrected chi connectivity index (χ1v) is 4.41. The maximum Gasteiger partial charge on any atom is 0.0707 e. The van der Waals surface area contributed by atoms with E-state index in [1.54, 1.807) is 0 Å². The normalized spacial score (nSPS) is 17.1. The topological polar surface area (TPSA) is 35.2 Å². The van der Waals surface area contributed by atoms with Crippen molar-refractivity contribution < 1.29 is 4.74 Å². The Bertz CT molecular complexity index is 137. The van der Waals surface area contributed by atoms with Crippen LogP contribution >= 0.6 is 0 Å². The van der Waals surface area contributed by atoms with Gasteiger partial charge in [0.15, 0.2) is 0 Å². The van der Waals surface area contributed by atoms with Gasteiger partial charge >= 0.3 is 0 Å². The van der Waals surface area contributed by atoms with E-state index in [-0.39, 0.29) is 17.7 Å². The van der Waals surface area contributed by atoms with Crippen LogP contribution in [0.15, 0.2) is 12.7 Å². The van der Waals surface area contributed by atoms with E-state index >= 15 is 0 Å². The maximum absolute atomic E-state index is 5.84. The van der Waals surface area contributed by atoms with Gasteiger partial charge in [-0.25, -0.2) is 0 Å². The molecule has 2 heteroatoms. The van der Waals surface area contributed by atoms with Gasteiger partial charge in [0, 0.05) is 6.04 Å². The van der Waals surface area contributed by atoms with Crippen molar-refractivity contribution in [2.45, 2.75) is 51.9 Å². The third-order valence-corrected chi connectivity index (χ3v) is 1.58. The number of hydrogen-bond acceptors (Lipinski definition) is 2. The molecule has 0 unspecified atom stereocenters. The molecule has 0 bridgehead atoms. The molecular weight excluding hydrogens is 150 g/mol. The van der Waals surface area contributed by atoms with Crippen molar-refractivity contribution >= 4 is 0 Å². The van der Waals surface area contributed by atoms with E-state index in [9.17, 15) is 0 Å². The van der Waals surface area contributed by atoms with Gasteiger partial charge < -0.3 is 10.5 Å². The Morgan fingerprint density at radius 3 is 2.33 bits per heavy atom. The van der Waals surface area contributed by atoms with Crippen molar-refractivity contribution in [3.8, 4) is 0 Å². The summed E-state index contributed by atoms with van der Waals surface area (Å²) in [6.07, 6.45) is 2.72. The summed E-state index contributed by atoms with van der Waals surface area (Å²) in [4.78, 5) is 0. The van der Waals surface area contributed by atoms with Gasteiger partial charge in [0.25, 0.3) is 0 Å². The highest BCUT2D eigenvalue weighted by Gasteiger charge is 2.19. The molecule has 0 aromatic rings. The second-order valence-corrected chi connectivity index (χ2v) is 4.12. The molecule has 72 valence electrons. The largest absolute Gasteiger partial charge is 0.371 e. The summed E-state index contributed by atoms with van der Waals surface area (Å²) in [7, 11) is 0. The predicted octanol–water partition coefficient (Wildman–Crippen LogP) is 2.09. The lowest BCUT2D eigenvalue weighted by atomic mass is 10.1. The van der Waals surface area contributed by atoms with Crippen LogP contribution in [0.3, 0.4) is 0 Å². The maximum atomic E-state index is 5.84. The third-order valence-electron chi connectivity index (χ3n) is 1.58.